The Morgan fingerprint density at radius 1 is 1.56 bits per heavy atom. The molecule has 2 rings (SSSR count). The molecule has 1 N–H and O–H groups in total. The van der Waals surface area contributed by atoms with Crippen LogP contribution in [0.25, 0.3) is 0 Å². The van der Waals surface area contributed by atoms with E-state index in [1.807, 2.05) is 25.1 Å². The Morgan fingerprint density at radius 2 is 2.33 bits per heavy atom. The van der Waals surface area contributed by atoms with Crippen molar-refractivity contribution in [3.05, 3.63) is 29.8 Å². The van der Waals surface area contributed by atoms with Gasteiger partial charge in [-0.05, 0) is 19.4 Å². The first-order valence-electron chi connectivity index (χ1n) is 6.12. The van der Waals surface area contributed by atoms with Crippen molar-refractivity contribution in [2.45, 2.75) is 19.4 Å². The molecule has 0 aliphatic carbocycles. The zero-order valence-electron chi connectivity index (χ0n) is 10.4. The summed E-state index contributed by atoms with van der Waals surface area (Å²) < 4.78 is 10.8. The van der Waals surface area contributed by atoms with Crippen LogP contribution in [-0.4, -0.2) is 24.9 Å². The molecule has 2 unspecified atom stereocenters. The van der Waals surface area contributed by atoms with Gasteiger partial charge in [-0.3, -0.25) is 0 Å². The fourth-order valence-corrected chi connectivity index (χ4v) is 2.24. The van der Waals surface area contributed by atoms with E-state index in [4.69, 9.17) is 9.47 Å². The van der Waals surface area contributed by atoms with E-state index in [1.54, 1.807) is 6.07 Å². The molecule has 0 spiro atoms. The van der Waals surface area contributed by atoms with Gasteiger partial charge in [-0.1, -0.05) is 18.2 Å². The van der Waals surface area contributed by atoms with Gasteiger partial charge in [-0.15, -0.1) is 0 Å². The van der Waals surface area contributed by atoms with Crippen LogP contribution in [0.4, 0.5) is 0 Å². The van der Waals surface area contributed by atoms with E-state index in [0.29, 0.717) is 30.9 Å². The Kier molecular flexibility index (Phi) is 3.85. The lowest BCUT2D eigenvalue weighted by Crippen LogP contribution is -2.28. The zero-order chi connectivity index (χ0) is 13.0. The van der Waals surface area contributed by atoms with Gasteiger partial charge < -0.3 is 14.6 Å². The quantitative estimate of drug-likeness (QED) is 0.884. The molecule has 1 aliphatic heterocycles. The number of rotatable bonds is 4. The summed E-state index contributed by atoms with van der Waals surface area (Å²) in [4.78, 5) is 0. The van der Waals surface area contributed by atoms with Crippen molar-refractivity contribution in [3.8, 4) is 11.8 Å². The van der Waals surface area contributed by atoms with Gasteiger partial charge in [0.25, 0.3) is 0 Å². The van der Waals surface area contributed by atoms with E-state index in [1.165, 1.54) is 0 Å². The van der Waals surface area contributed by atoms with Gasteiger partial charge >= 0.3 is 0 Å². The average Bonchev–Trinajstić information content (AvgIpc) is 2.89. The van der Waals surface area contributed by atoms with Gasteiger partial charge in [-0.2, -0.15) is 5.26 Å². The third-order valence-electron chi connectivity index (χ3n) is 3.31. The highest BCUT2D eigenvalue weighted by Crippen LogP contribution is 2.43. The summed E-state index contributed by atoms with van der Waals surface area (Å²) in [6.45, 7) is 3.20. The van der Waals surface area contributed by atoms with Crippen LogP contribution in [-0.2, 0) is 4.74 Å². The number of aliphatic hydroxyl groups is 1. The smallest absolute Gasteiger partial charge is 0.125 e. The lowest BCUT2D eigenvalue weighted by atomic mass is 9.79. The molecule has 0 radical (unpaired) electrons. The Hall–Kier alpha value is -1.57. The second-order valence-corrected chi connectivity index (χ2v) is 4.44. The molecule has 1 aromatic carbocycles. The topological polar surface area (TPSA) is 62.5 Å². The number of aliphatic hydroxyl groups excluding tert-OH is 1. The van der Waals surface area contributed by atoms with Crippen molar-refractivity contribution in [2.75, 3.05) is 19.8 Å². The average molecular weight is 247 g/mol. The van der Waals surface area contributed by atoms with Crippen LogP contribution in [0, 0.1) is 16.7 Å². The van der Waals surface area contributed by atoms with Gasteiger partial charge in [-0.25, -0.2) is 0 Å². The third kappa shape index (κ3) is 2.20. The number of nitrogens with zero attached hydrogens (tertiary/aromatic N) is 1. The second kappa shape index (κ2) is 5.38. The maximum atomic E-state index is 10.5. The van der Waals surface area contributed by atoms with Gasteiger partial charge in [0, 0.05) is 12.2 Å². The maximum absolute atomic E-state index is 10.5. The van der Waals surface area contributed by atoms with E-state index in [-0.39, 0.29) is 6.61 Å². The summed E-state index contributed by atoms with van der Waals surface area (Å²) in [7, 11) is 0. The van der Waals surface area contributed by atoms with Crippen LogP contribution in [0.15, 0.2) is 24.3 Å². The first-order valence-corrected chi connectivity index (χ1v) is 6.12. The van der Waals surface area contributed by atoms with Crippen molar-refractivity contribution in [1.82, 2.24) is 0 Å². The summed E-state index contributed by atoms with van der Waals surface area (Å²) in [5, 5.41) is 19.8. The number of nitriles is 1. The maximum Gasteiger partial charge on any atom is 0.125 e. The fraction of sp³-hybridized carbons (Fsp3) is 0.500. The van der Waals surface area contributed by atoms with E-state index in [9.17, 15) is 10.4 Å². The fourth-order valence-electron chi connectivity index (χ4n) is 2.24. The molecule has 1 heterocycles. The SMILES string of the molecule is CCOc1ccccc1C(O)C1(C#N)CCOC1. The molecule has 96 valence electrons. The van der Waals surface area contributed by atoms with Crippen LogP contribution >= 0.6 is 0 Å². The molecular weight excluding hydrogens is 230 g/mol. The molecular formula is C14H17NO3. The predicted molar refractivity (Wildman–Crippen MR) is 66.1 cm³/mol. The van der Waals surface area contributed by atoms with Crippen molar-refractivity contribution in [2.24, 2.45) is 5.41 Å². The minimum Gasteiger partial charge on any atom is -0.493 e. The summed E-state index contributed by atoms with van der Waals surface area (Å²) in [6.07, 6.45) is -0.335. The summed E-state index contributed by atoms with van der Waals surface area (Å²) in [6, 6.07) is 9.51. The van der Waals surface area contributed by atoms with E-state index >= 15 is 0 Å². The van der Waals surface area contributed by atoms with Crippen LogP contribution in [0.1, 0.15) is 25.0 Å². The minimum atomic E-state index is -0.882. The molecule has 18 heavy (non-hydrogen) atoms. The van der Waals surface area contributed by atoms with Gasteiger partial charge in [0.1, 0.15) is 17.3 Å². The molecule has 0 aromatic heterocycles. The number of hydrogen-bond donors (Lipinski definition) is 1. The van der Waals surface area contributed by atoms with Crippen LogP contribution in [0.5, 0.6) is 5.75 Å². The van der Waals surface area contributed by atoms with Crippen molar-refractivity contribution >= 4 is 0 Å². The zero-order valence-corrected chi connectivity index (χ0v) is 10.4. The molecule has 2 atom stereocenters. The van der Waals surface area contributed by atoms with E-state index < -0.39 is 11.5 Å². The first kappa shape index (κ1) is 12.9. The summed E-state index contributed by atoms with van der Waals surface area (Å²) in [5.74, 6) is 0.633. The van der Waals surface area contributed by atoms with Crippen LogP contribution in [0.2, 0.25) is 0 Å². The number of para-hydroxylation sites is 1. The summed E-state index contributed by atoms with van der Waals surface area (Å²) in [5.41, 5.74) is -0.195. The normalized spacial score (nSPS) is 24.5. The highest BCUT2D eigenvalue weighted by Gasteiger charge is 2.43. The number of ether oxygens (including phenoxy) is 2. The lowest BCUT2D eigenvalue weighted by molar-refractivity contribution is 0.0482. The largest absolute Gasteiger partial charge is 0.493 e. The first-order chi connectivity index (χ1) is 8.73. The molecule has 1 aliphatic rings. The number of hydrogen-bond acceptors (Lipinski definition) is 4. The molecule has 1 fully saturated rings. The van der Waals surface area contributed by atoms with Gasteiger partial charge in [0.15, 0.2) is 0 Å². The predicted octanol–water partition coefficient (Wildman–Crippen LogP) is 2.05. The van der Waals surface area contributed by atoms with E-state index in [2.05, 4.69) is 6.07 Å². The van der Waals surface area contributed by atoms with E-state index in [0.717, 1.165) is 0 Å². The molecule has 0 amide bonds. The van der Waals surface area contributed by atoms with Crippen molar-refractivity contribution in [3.63, 3.8) is 0 Å². The second-order valence-electron chi connectivity index (χ2n) is 4.44. The van der Waals surface area contributed by atoms with Crippen molar-refractivity contribution < 1.29 is 14.6 Å². The van der Waals surface area contributed by atoms with Gasteiger partial charge in [0.05, 0.1) is 19.3 Å². The molecule has 1 aromatic rings. The Balaban J connectivity index is 2.33. The monoisotopic (exact) mass is 247 g/mol. The Labute approximate surface area is 107 Å². The Morgan fingerprint density at radius 3 is 2.94 bits per heavy atom. The molecule has 0 bridgehead atoms. The lowest BCUT2D eigenvalue weighted by Gasteiger charge is -2.27. The highest BCUT2D eigenvalue weighted by molar-refractivity contribution is 5.37. The molecule has 4 nitrogen and oxygen atoms in total. The third-order valence-corrected chi connectivity index (χ3v) is 3.31. The Bertz CT molecular complexity index is 447. The number of benzene rings is 1. The summed E-state index contributed by atoms with van der Waals surface area (Å²) >= 11 is 0. The van der Waals surface area contributed by atoms with Crippen LogP contribution < -0.4 is 4.74 Å². The highest BCUT2D eigenvalue weighted by atomic mass is 16.5. The molecule has 4 heteroatoms. The molecule has 1 saturated heterocycles. The van der Waals surface area contributed by atoms with Crippen LogP contribution in [0.3, 0.4) is 0 Å². The molecule has 0 saturated carbocycles. The standard InChI is InChI=1S/C14H17NO3/c1-2-18-12-6-4-3-5-11(12)13(16)14(9-15)7-8-17-10-14/h3-6,13,16H,2,7-8,10H2,1H3. The van der Waals surface area contributed by atoms with Gasteiger partial charge in [0.2, 0.25) is 0 Å². The minimum absolute atomic E-state index is 0.269. The van der Waals surface area contributed by atoms with Crippen molar-refractivity contribution in [1.29, 1.82) is 5.26 Å².